The number of aryl methyl sites for hydroxylation is 1. The van der Waals surface area contributed by atoms with E-state index in [1.165, 1.54) is 30.2 Å². The second kappa shape index (κ2) is 9.02. The van der Waals surface area contributed by atoms with Crippen LogP contribution in [0.25, 0.3) is 0 Å². The van der Waals surface area contributed by atoms with Crippen molar-refractivity contribution in [2.75, 3.05) is 18.0 Å². The molecule has 1 N–H and O–H groups in total. The maximum atomic E-state index is 12.2. The lowest BCUT2D eigenvalue weighted by atomic mass is 9.97. The average molecular weight is 393 g/mol. The molecular formula is C19H25BrN2O2. The summed E-state index contributed by atoms with van der Waals surface area (Å²) in [5.41, 5.74) is 3.25. The lowest BCUT2D eigenvalue weighted by Crippen LogP contribution is -2.40. The Labute approximate surface area is 152 Å². The molecule has 4 nitrogen and oxygen atoms in total. The molecule has 0 aromatic heterocycles. The zero-order valence-corrected chi connectivity index (χ0v) is 16.0. The van der Waals surface area contributed by atoms with Crippen LogP contribution in [0.15, 0.2) is 34.3 Å². The maximum absolute atomic E-state index is 12.2. The largest absolute Gasteiger partial charge is 0.354 e. The first kappa shape index (κ1) is 18.7. The minimum absolute atomic E-state index is 0.0377. The van der Waals surface area contributed by atoms with Crippen molar-refractivity contribution in [3.05, 3.63) is 39.9 Å². The van der Waals surface area contributed by atoms with Crippen LogP contribution in [0.4, 0.5) is 5.69 Å². The normalized spacial score (nSPS) is 14.0. The number of hydrogen-bond donors (Lipinski definition) is 1. The molecule has 1 aliphatic carbocycles. The number of halogens is 1. The highest BCUT2D eigenvalue weighted by Gasteiger charge is 2.18. The van der Waals surface area contributed by atoms with E-state index in [1.807, 2.05) is 25.1 Å². The number of hydrogen-bond acceptors (Lipinski definition) is 2. The number of anilines is 1. The zero-order valence-electron chi connectivity index (χ0n) is 14.4. The summed E-state index contributed by atoms with van der Waals surface area (Å²) in [4.78, 5) is 25.7. The van der Waals surface area contributed by atoms with Gasteiger partial charge in [0, 0.05) is 17.9 Å². The quantitative estimate of drug-likeness (QED) is 0.740. The molecule has 1 aromatic carbocycles. The molecule has 1 aliphatic rings. The Kier molecular flexibility index (Phi) is 7.03. The molecular weight excluding hydrogens is 368 g/mol. The minimum atomic E-state index is -0.148. The minimum Gasteiger partial charge on any atom is -0.354 e. The molecule has 0 spiro atoms. The summed E-state index contributed by atoms with van der Waals surface area (Å²) < 4.78 is 0.817. The molecule has 1 aromatic rings. The van der Waals surface area contributed by atoms with Gasteiger partial charge in [0.1, 0.15) is 6.54 Å². The van der Waals surface area contributed by atoms with Gasteiger partial charge >= 0.3 is 0 Å². The van der Waals surface area contributed by atoms with Crippen molar-refractivity contribution in [3.8, 4) is 0 Å². The number of rotatable bonds is 6. The van der Waals surface area contributed by atoms with Crippen molar-refractivity contribution in [2.24, 2.45) is 0 Å². The molecule has 0 radical (unpaired) electrons. The van der Waals surface area contributed by atoms with E-state index in [0.29, 0.717) is 6.54 Å². The number of allylic oxidation sites excluding steroid dienone is 1. The molecule has 130 valence electrons. The number of carbonyl (C=O) groups excluding carboxylic acids is 2. The third kappa shape index (κ3) is 5.48. The number of benzene rings is 1. The average Bonchev–Trinajstić information content (AvgIpc) is 2.54. The lowest BCUT2D eigenvalue weighted by Gasteiger charge is -2.22. The molecule has 2 amide bonds. The van der Waals surface area contributed by atoms with Crippen LogP contribution in [0.3, 0.4) is 0 Å². The number of nitrogens with one attached hydrogen (secondary N) is 1. The molecule has 0 aliphatic heterocycles. The first-order valence-electron chi connectivity index (χ1n) is 8.46. The van der Waals surface area contributed by atoms with E-state index in [9.17, 15) is 9.59 Å². The predicted molar refractivity (Wildman–Crippen MR) is 101 cm³/mol. The number of carbonyl (C=O) groups is 2. The first-order chi connectivity index (χ1) is 11.5. The molecule has 0 saturated carbocycles. The summed E-state index contributed by atoms with van der Waals surface area (Å²) in [6, 6.07) is 5.74. The monoisotopic (exact) mass is 392 g/mol. The fourth-order valence-electron chi connectivity index (χ4n) is 2.89. The lowest BCUT2D eigenvalue weighted by molar-refractivity contribution is -0.123. The molecule has 5 heteroatoms. The third-order valence-corrected chi connectivity index (χ3v) is 4.86. The standard InChI is InChI=1S/C19H25BrN2O2/c1-14-8-9-18(17(20)12-14)22(15(2)23)13-19(24)21-11-10-16-6-4-3-5-7-16/h6,8-9,12H,3-5,7,10-11,13H2,1-2H3,(H,21,24). The van der Waals surface area contributed by atoms with Crippen LogP contribution in [0.2, 0.25) is 0 Å². The Morgan fingerprint density at radius 1 is 1.29 bits per heavy atom. The molecule has 0 heterocycles. The second-order valence-electron chi connectivity index (χ2n) is 6.27. The fourth-order valence-corrected chi connectivity index (χ4v) is 3.60. The van der Waals surface area contributed by atoms with Gasteiger partial charge in [-0.05, 0) is 72.7 Å². The van der Waals surface area contributed by atoms with Crippen molar-refractivity contribution < 1.29 is 9.59 Å². The predicted octanol–water partition coefficient (Wildman–Crippen LogP) is 4.12. The highest BCUT2D eigenvalue weighted by Crippen LogP contribution is 2.27. The van der Waals surface area contributed by atoms with Crippen LogP contribution in [0.5, 0.6) is 0 Å². The van der Waals surface area contributed by atoms with Crippen LogP contribution in [0.1, 0.15) is 44.6 Å². The number of nitrogens with zero attached hydrogens (tertiary/aromatic N) is 1. The molecule has 0 bridgehead atoms. The van der Waals surface area contributed by atoms with E-state index in [2.05, 4.69) is 27.3 Å². The fraction of sp³-hybridized carbons (Fsp3) is 0.474. The van der Waals surface area contributed by atoms with E-state index in [4.69, 9.17) is 0 Å². The molecule has 0 saturated heterocycles. The Morgan fingerprint density at radius 3 is 2.71 bits per heavy atom. The van der Waals surface area contributed by atoms with Crippen LogP contribution >= 0.6 is 15.9 Å². The summed E-state index contributed by atoms with van der Waals surface area (Å²) in [6.45, 7) is 4.13. The van der Waals surface area contributed by atoms with Gasteiger partial charge in [0.05, 0.1) is 5.69 Å². The van der Waals surface area contributed by atoms with E-state index in [1.54, 1.807) is 0 Å². The van der Waals surface area contributed by atoms with Gasteiger partial charge in [-0.25, -0.2) is 0 Å². The van der Waals surface area contributed by atoms with Crippen LogP contribution in [-0.2, 0) is 9.59 Å². The maximum Gasteiger partial charge on any atom is 0.240 e. The van der Waals surface area contributed by atoms with Gasteiger partial charge in [-0.15, -0.1) is 0 Å². The Bertz CT molecular complexity index is 640. The summed E-state index contributed by atoms with van der Waals surface area (Å²) in [5, 5.41) is 2.93. The van der Waals surface area contributed by atoms with Gasteiger partial charge in [0.15, 0.2) is 0 Å². The molecule has 24 heavy (non-hydrogen) atoms. The van der Waals surface area contributed by atoms with E-state index in [-0.39, 0.29) is 18.4 Å². The Balaban J connectivity index is 1.91. The SMILES string of the molecule is CC(=O)N(CC(=O)NCCC1=CCCCC1)c1ccc(C)cc1Br. The Hall–Kier alpha value is -1.62. The summed E-state index contributed by atoms with van der Waals surface area (Å²) in [7, 11) is 0. The van der Waals surface area contributed by atoms with Crippen LogP contribution < -0.4 is 10.2 Å². The van der Waals surface area contributed by atoms with Gasteiger partial charge in [-0.1, -0.05) is 17.7 Å². The van der Waals surface area contributed by atoms with Crippen molar-refractivity contribution in [3.63, 3.8) is 0 Å². The van der Waals surface area contributed by atoms with E-state index in [0.717, 1.165) is 35.0 Å². The van der Waals surface area contributed by atoms with Crippen molar-refractivity contribution in [2.45, 2.75) is 46.0 Å². The molecule has 0 atom stereocenters. The highest BCUT2D eigenvalue weighted by atomic mass is 79.9. The van der Waals surface area contributed by atoms with Crippen molar-refractivity contribution in [1.82, 2.24) is 5.32 Å². The second-order valence-corrected chi connectivity index (χ2v) is 7.12. The molecule has 2 rings (SSSR count). The van der Waals surface area contributed by atoms with Crippen LogP contribution in [0, 0.1) is 6.92 Å². The number of amides is 2. The van der Waals surface area contributed by atoms with Crippen LogP contribution in [-0.4, -0.2) is 24.9 Å². The van der Waals surface area contributed by atoms with Gasteiger partial charge in [-0.3, -0.25) is 9.59 Å². The van der Waals surface area contributed by atoms with Crippen molar-refractivity contribution in [1.29, 1.82) is 0 Å². The summed E-state index contributed by atoms with van der Waals surface area (Å²) >= 11 is 3.48. The van der Waals surface area contributed by atoms with Gasteiger partial charge in [-0.2, -0.15) is 0 Å². The molecule has 0 fully saturated rings. The van der Waals surface area contributed by atoms with Gasteiger partial charge in [0.2, 0.25) is 11.8 Å². The summed E-state index contributed by atoms with van der Waals surface area (Å²) in [6.07, 6.45) is 8.02. The first-order valence-corrected chi connectivity index (χ1v) is 9.25. The highest BCUT2D eigenvalue weighted by molar-refractivity contribution is 9.10. The topological polar surface area (TPSA) is 49.4 Å². The smallest absolute Gasteiger partial charge is 0.240 e. The third-order valence-electron chi connectivity index (χ3n) is 4.23. The van der Waals surface area contributed by atoms with E-state index >= 15 is 0 Å². The zero-order chi connectivity index (χ0) is 17.5. The van der Waals surface area contributed by atoms with E-state index < -0.39 is 0 Å². The van der Waals surface area contributed by atoms with Gasteiger partial charge < -0.3 is 10.2 Å². The van der Waals surface area contributed by atoms with Crippen molar-refractivity contribution >= 4 is 33.4 Å². The van der Waals surface area contributed by atoms with Gasteiger partial charge in [0.25, 0.3) is 0 Å². The summed E-state index contributed by atoms with van der Waals surface area (Å²) in [5.74, 6) is -0.279. The molecule has 0 unspecified atom stereocenters. The Morgan fingerprint density at radius 2 is 2.08 bits per heavy atom.